The Morgan fingerprint density at radius 2 is 1.92 bits per heavy atom. The maximum atomic E-state index is 3.44. The van der Waals surface area contributed by atoms with Crippen molar-refractivity contribution in [3.8, 4) is 0 Å². The van der Waals surface area contributed by atoms with Crippen molar-refractivity contribution in [2.24, 2.45) is 0 Å². The van der Waals surface area contributed by atoms with Crippen LogP contribution in [0.1, 0.15) is 0 Å². The normalized spacial score (nSPS) is 13.3. The molecule has 0 N–H and O–H groups in total. The number of hydrogen-bond acceptors (Lipinski definition) is 0. The zero-order valence-corrected chi connectivity index (χ0v) is 8.39. The molecule has 0 amide bonds. The molecule has 1 aromatic carbocycles. The van der Waals surface area contributed by atoms with E-state index < -0.39 is 0 Å². The highest BCUT2D eigenvalue weighted by Crippen LogP contribution is 1.88. The molecule has 1 aliphatic carbocycles. The number of rotatable bonds is 0. The molecule has 0 unspecified atom stereocenters. The van der Waals surface area contributed by atoms with E-state index in [1.54, 1.807) is 0 Å². The van der Waals surface area contributed by atoms with Gasteiger partial charge in [0.25, 0.3) is 0 Å². The molecule has 12 heavy (non-hydrogen) atoms. The molecule has 0 aromatic heterocycles. The van der Waals surface area contributed by atoms with Crippen LogP contribution in [0.2, 0.25) is 13.1 Å². The highest BCUT2D eigenvalue weighted by atomic mass is 28.2. The van der Waals surface area contributed by atoms with E-state index >= 15 is 0 Å². The summed E-state index contributed by atoms with van der Waals surface area (Å²) >= 11 is 0. The largest absolute Gasteiger partial charge is 0.0616 e. The van der Waals surface area contributed by atoms with Crippen LogP contribution in [-0.4, -0.2) is 13.6 Å². The number of hydrogen-bond donors (Lipinski definition) is 0. The molecule has 0 saturated carbocycles. The van der Waals surface area contributed by atoms with Crippen molar-refractivity contribution in [3.05, 3.63) is 34.7 Å². The van der Waals surface area contributed by atoms with Crippen LogP contribution >= 0.6 is 0 Å². The van der Waals surface area contributed by atoms with Crippen LogP contribution in [0.15, 0.2) is 24.3 Å². The van der Waals surface area contributed by atoms with E-state index in [-0.39, 0.29) is 8.41 Å². The Labute approximate surface area is 74.1 Å². The van der Waals surface area contributed by atoms with Gasteiger partial charge in [-0.15, -0.1) is 0 Å². The third kappa shape index (κ3) is 1.21. The highest BCUT2D eigenvalue weighted by molar-refractivity contribution is 6.79. The van der Waals surface area contributed by atoms with Crippen LogP contribution in [0.25, 0.3) is 12.2 Å². The highest BCUT2D eigenvalue weighted by Gasteiger charge is 1.99. The lowest BCUT2D eigenvalue weighted by Gasteiger charge is -1.88. The predicted octanol–water partition coefficient (Wildman–Crippen LogP) is 0.647. The molecule has 1 heteroatoms. The Morgan fingerprint density at radius 3 is 2.58 bits per heavy atom. The van der Waals surface area contributed by atoms with Gasteiger partial charge in [0.15, 0.2) is 0 Å². The summed E-state index contributed by atoms with van der Waals surface area (Å²) in [7, 11) is -0.329. The van der Waals surface area contributed by atoms with E-state index in [2.05, 4.69) is 49.5 Å². The molecule has 1 aliphatic rings. The second-order valence-corrected chi connectivity index (χ2v) is 5.81. The van der Waals surface area contributed by atoms with Gasteiger partial charge in [-0.1, -0.05) is 43.4 Å². The summed E-state index contributed by atoms with van der Waals surface area (Å²) in [5.74, 6) is 0. The van der Waals surface area contributed by atoms with Gasteiger partial charge < -0.3 is 0 Å². The van der Waals surface area contributed by atoms with Crippen molar-refractivity contribution in [2.45, 2.75) is 13.1 Å². The Hall–Kier alpha value is -0.953. The van der Waals surface area contributed by atoms with Gasteiger partial charge in [0.1, 0.15) is 0 Å². The minimum absolute atomic E-state index is 0.329. The smallest absolute Gasteiger partial charge is 0.0137 e. The van der Waals surface area contributed by atoms with Gasteiger partial charge in [-0.05, 0) is 21.7 Å². The summed E-state index contributed by atoms with van der Waals surface area (Å²) in [5, 5.41) is 4.01. The molecule has 1 radical (unpaired) electrons. The van der Waals surface area contributed by atoms with Gasteiger partial charge in [-0.3, -0.25) is 0 Å². The first-order valence-electron chi connectivity index (χ1n) is 4.15. The summed E-state index contributed by atoms with van der Waals surface area (Å²) in [6, 6.07) is 8.43. The fourth-order valence-electron chi connectivity index (χ4n) is 1.34. The van der Waals surface area contributed by atoms with Crippen molar-refractivity contribution in [2.75, 3.05) is 0 Å². The Kier molecular flexibility index (Phi) is 1.81. The lowest BCUT2D eigenvalue weighted by atomic mass is 10.3. The summed E-state index contributed by atoms with van der Waals surface area (Å²) < 4.78 is 0. The zero-order chi connectivity index (χ0) is 8.55. The third-order valence-corrected chi connectivity index (χ3v) is 3.42. The first-order valence-corrected chi connectivity index (χ1v) is 6.65. The van der Waals surface area contributed by atoms with Gasteiger partial charge in [0.2, 0.25) is 0 Å². The molecule has 0 heterocycles. The third-order valence-electron chi connectivity index (χ3n) is 2.07. The van der Waals surface area contributed by atoms with Crippen LogP contribution < -0.4 is 10.4 Å². The van der Waals surface area contributed by atoms with Crippen LogP contribution in [0, 0.1) is 0 Å². The number of benzene rings is 1. The molecule has 0 aliphatic heterocycles. The van der Waals surface area contributed by atoms with E-state index in [1.807, 2.05) is 0 Å². The molecule has 0 fully saturated rings. The average molecular weight is 171 g/mol. The SMILES string of the molecule is C[Si](C)=C1[C]=c2ccccc2=C1. The minimum atomic E-state index is -0.329. The van der Waals surface area contributed by atoms with Crippen LogP contribution in [0.3, 0.4) is 0 Å². The van der Waals surface area contributed by atoms with E-state index in [9.17, 15) is 0 Å². The molecule has 0 saturated heterocycles. The van der Waals surface area contributed by atoms with Crippen LogP contribution in [-0.2, 0) is 0 Å². The molecular weight excluding hydrogens is 160 g/mol. The van der Waals surface area contributed by atoms with Crippen molar-refractivity contribution < 1.29 is 0 Å². The fraction of sp³-hybridized carbons (Fsp3) is 0.182. The topological polar surface area (TPSA) is 0 Å². The number of fused-ring (bicyclic) bond motifs is 1. The summed E-state index contributed by atoms with van der Waals surface area (Å²) in [6.45, 7) is 4.60. The van der Waals surface area contributed by atoms with Gasteiger partial charge in [-0.2, -0.15) is 0 Å². The van der Waals surface area contributed by atoms with Crippen LogP contribution in [0.5, 0.6) is 0 Å². The molecule has 0 bridgehead atoms. The van der Waals surface area contributed by atoms with E-state index in [1.165, 1.54) is 15.6 Å². The second kappa shape index (κ2) is 2.83. The average Bonchev–Trinajstić information content (AvgIpc) is 2.46. The molecule has 1 aromatic rings. The second-order valence-electron chi connectivity index (χ2n) is 3.27. The predicted molar refractivity (Wildman–Crippen MR) is 56.1 cm³/mol. The summed E-state index contributed by atoms with van der Waals surface area (Å²) in [4.78, 5) is 0. The van der Waals surface area contributed by atoms with Gasteiger partial charge in [-0.25, -0.2) is 0 Å². The van der Waals surface area contributed by atoms with Gasteiger partial charge in [0, 0.05) is 8.41 Å². The van der Waals surface area contributed by atoms with Crippen molar-refractivity contribution in [3.63, 3.8) is 0 Å². The lowest BCUT2D eigenvalue weighted by Crippen LogP contribution is -2.19. The minimum Gasteiger partial charge on any atom is -0.0616 e. The van der Waals surface area contributed by atoms with Gasteiger partial charge >= 0.3 is 0 Å². The molecule has 0 atom stereocenters. The first-order chi connectivity index (χ1) is 5.77. The summed E-state index contributed by atoms with van der Waals surface area (Å²) in [6.07, 6.45) is 5.71. The Morgan fingerprint density at radius 1 is 1.17 bits per heavy atom. The van der Waals surface area contributed by atoms with Gasteiger partial charge in [0.05, 0.1) is 0 Å². The maximum absolute atomic E-state index is 3.44. The van der Waals surface area contributed by atoms with E-state index in [0.29, 0.717) is 0 Å². The molecular formula is C11H11Si. The lowest BCUT2D eigenvalue weighted by molar-refractivity contribution is 1.55. The van der Waals surface area contributed by atoms with Crippen LogP contribution in [0.4, 0.5) is 0 Å². The maximum Gasteiger partial charge on any atom is 0.0137 e. The Bertz CT molecular complexity index is 411. The van der Waals surface area contributed by atoms with Crippen molar-refractivity contribution in [1.29, 1.82) is 0 Å². The van der Waals surface area contributed by atoms with E-state index in [4.69, 9.17) is 0 Å². The fourth-order valence-corrected chi connectivity index (χ4v) is 2.17. The quantitative estimate of drug-likeness (QED) is 0.503. The Balaban J connectivity index is 2.77. The van der Waals surface area contributed by atoms with Crippen molar-refractivity contribution >= 4 is 25.7 Å². The standard InChI is InChI=1S/C11H11Si/c1-12(2)11-7-9-5-3-4-6-10(9)8-11/h3-7H,1-2H3. The summed E-state index contributed by atoms with van der Waals surface area (Å²) in [5.41, 5.74) is 0. The van der Waals surface area contributed by atoms with E-state index in [0.717, 1.165) is 0 Å². The zero-order valence-electron chi connectivity index (χ0n) is 7.39. The van der Waals surface area contributed by atoms with Crippen molar-refractivity contribution in [1.82, 2.24) is 0 Å². The molecule has 2 rings (SSSR count). The molecule has 59 valence electrons. The molecule has 0 nitrogen and oxygen atoms in total. The monoisotopic (exact) mass is 171 g/mol. The first kappa shape index (κ1) is 7.68. The molecule has 0 spiro atoms.